The third kappa shape index (κ3) is 2.86. The molecule has 0 amide bonds. The highest BCUT2D eigenvalue weighted by Gasteiger charge is 2.29. The Morgan fingerprint density at radius 1 is 1.50 bits per heavy atom. The monoisotopic (exact) mass is 179 g/mol. The van der Waals surface area contributed by atoms with Gasteiger partial charge in [-0.15, -0.1) is 0 Å². The van der Waals surface area contributed by atoms with Crippen molar-refractivity contribution in [2.75, 3.05) is 7.09 Å². The molecule has 3 N–H and O–H groups in total. The van der Waals surface area contributed by atoms with Crippen molar-refractivity contribution < 1.29 is 26.2 Å². The molecule has 0 rings (SSSR count). The van der Waals surface area contributed by atoms with E-state index in [9.17, 15) is 9.90 Å². The molecular weight excluding hydrogens is 164 g/mol. The summed E-state index contributed by atoms with van der Waals surface area (Å²) in [5.74, 6) is 0. The van der Waals surface area contributed by atoms with E-state index in [0.29, 0.717) is 0 Å². The first-order chi connectivity index (χ1) is 6.04. The van der Waals surface area contributed by atoms with Crippen LogP contribution in [0.3, 0.4) is 0 Å². The van der Waals surface area contributed by atoms with Crippen LogP contribution in [-0.4, -0.2) is 53.1 Å². The Kier molecular flexibility index (Phi) is 4.16. The van der Waals surface area contributed by atoms with Gasteiger partial charge in [-0.25, -0.2) is 0 Å². The Labute approximate surface area is 72.0 Å². The number of hydrogen-bond donors (Lipinski definition) is 3. The van der Waals surface area contributed by atoms with Crippen LogP contribution in [0.25, 0.3) is 0 Å². The molecule has 12 heavy (non-hydrogen) atoms. The maximum Gasteiger partial charge on any atom is 0.151 e. The third-order valence-corrected chi connectivity index (χ3v) is 1.50. The van der Waals surface area contributed by atoms with Crippen LogP contribution in [0.1, 0.15) is 8.29 Å². The average molecular weight is 179 g/mol. The van der Waals surface area contributed by atoms with Crippen LogP contribution < -0.4 is 0 Å². The van der Waals surface area contributed by atoms with Gasteiger partial charge in [0.2, 0.25) is 0 Å². The maximum absolute atomic E-state index is 10.2. The summed E-state index contributed by atoms with van der Waals surface area (Å²) in [6.07, 6.45) is -5.12. The molecule has 0 heterocycles. The number of aldehydes is 1. The number of aliphatic hydroxyl groups excluding tert-OH is 3. The fourth-order valence-corrected chi connectivity index (χ4v) is 0.751. The van der Waals surface area contributed by atoms with Crippen LogP contribution in [-0.2, 0) is 9.53 Å². The molecule has 0 unspecified atom stereocenters. The number of hydrogen-bond acceptors (Lipinski definition) is 5. The van der Waals surface area contributed by atoms with E-state index in [4.69, 9.17) is 11.6 Å². The Hall–Kier alpha value is -0.490. The largest absolute Gasteiger partial charge is 0.391 e. The summed E-state index contributed by atoms with van der Waals surface area (Å²) in [7, 11) is -0.501. The van der Waals surface area contributed by atoms with Gasteiger partial charge in [-0.2, -0.15) is 0 Å². The van der Waals surface area contributed by atoms with Gasteiger partial charge in [-0.05, 0) is 6.92 Å². The first-order valence-corrected chi connectivity index (χ1v) is 3.45. The molecule has 5 nitrogen and oxygen atoms in total. The van der Waals surface area contributed by atoms with E-state index in [1.165, 1.54) is 6.92 Å². The molecular formula is C7H14O5. The van der Waals surface area contributed by atoms with E-state index in [2.05, 4.69) is 4.74 Å². The molecule has 0 saturated heterocycles. The van der Waals surface area contributed by atoms with E-state index in [0.717, 1.165) is 0 Å². The number of rotatable bonds is 5. The van der Waals surface area contributed by atoms with Crippen LogP contribution >= 0.6 is 0 Å². The summed E-state index contributed by atoms with van der Waals surface area (Å²) in [4.78, 5) is 10.2. The molecule has 0 fully saturated rings. The average Bonchev–Trinajstić information content (AvgIpc) is 2.11. The lowest BCUT2D eigenvalue weighted by atomic mass is 10.1. The van der Waals surface area contributed by atoms with Gasteiger partial charge in [0.05, 0.1) is 7.47 Å². The molecule has 5 heteroatoms. The van der Waals surface area contributed by atoms with Crippen LogP contribution in [0, 0.1) is 0 Å². The summed E-state index contributed by atoms with van der Waals surface area (Å²) in [5.41, 5.74) is 0. The lowest BCUT2D eigenvalue weighted by molar-refractivity contribution is -0.138. The molecule has 72 valence electrons. The first-order valence-electron chi connectivity index (χ1n) is 4.15. The van der Waals surface area contributed by atoms with E-state index < -0.39 is 31.5 Å². The standard InChI is InChI=1S/C7H14O5/c1-4(9)6(11)7(12-2)5(10)3-8/h3-7,9-11H,1-2H3/t4-,5+,6+,7-/m1/s1/i2D. The second-order valence-electron chi connectivity index (χ2n) is 2.49. The van der Waals surface area contributed by atoms with Crippen molar-refractivity contribution in [3.05, 3.63) is 0 Å². The molecule has 0 aliphatic heterocycles. The molecule has 0 aliphatic carbocycles. The van der Waals surface area contributed by atoms with Gasteiger partial charge in [0, 0.05) is 7.09 Å². The quantitative estimate of drug-likeness (QED) is 0.438. The summed E-state index contributed by atoms with van der Waals surface area (Å²) >= 11 is 0. The number of carbonyl (C=O) groups excluding carboxylic acids is 1. The van der Waals surface area contributed by atoms with Gasteiger partial charge in [0.25, 0.3) is 0 Å². The van der Waals surface area contributed by atoms with E-state index in [1.807, 2.05) is 0 Å². The van der Waals surface area contributed by atoms with Crippen molar-refractivity contribution in [3.8, 4) is 0 Å². The summed E-state index contributed by atoms with van der Waals surface area (Å²) < 4.78 is 11.3. The first kappa shape index (κ1) is 9.60. The number of carbonyl (C=O) groups is 1. The predicted octanol–water partition coefficient (Wildman–Crippen LogP) is -1.70. The van der Waals surface area contributed by atoms with Crippen molar-refractivity contribution in [2.45, 2.75) is 31.3 Å². The zero-order chi connectivity index (χ0) is 10.4. The van der Waals surface area contributed by atoms with Crippen molar-refractivity contribution in [3.63, 3.8) is 0 Å². The van der Waals surface area contributed by atoms with Crippen molar-refractivity contribution >= 4 is 6.29 Å². The molecule has 0 bridgehead atoms. The molecule has 0 spiro atoms. The zero-order valence-corrected chi connectivity index (χ0v) is 6.75. The van der Waals surface area contributed by atoms with E-state index in [1.54, 1.807) is 0 Å². The molecule has 0 aromatic carbocycles. The Morgan fingerprint density at radius 3 is 2.42 bits per heavy atom. The summed E-state index contributed by atoms with van der Waals surface area (Å²) in [5, 5.41) is 27.2. The minimum atomic E-state index is -1.53. The van der Waals surface area contributed by atoms with E-state index in [-0.39, 0.29) is 6.29 Å². The highest BCUT2D eigenvalue weighted by molar-refractivity contribution is 5.56. The minimum absolute atomic E-state index is 0.186. The lowest BCUT2D eigenvalue weighted by Gasteiger charge is -2.24. The van der Waals surface area contributed by atoms with Crippen LogP contribution in [0.4, 0.5) is 0 Å². The Morgan fingerprint density at radius 2 is 2.08 bits per heavy atom. The SMILES string of the molecule is [2H]CO[C@@H]([C@@H](O)[C@@H](C)O)[C@@H](O)C=O. The molecule has 0 saturated carbocycles. The molecule has 0 aromatic rings. The second kappa shape index (κ2) is 5.21. The summed E-state index contributed by atoms with van der Waals surface area (Å²) in [6.45, 7) is 1.29. The van der Waals surface area contributed by atoms with Gasteiger partial charge in [-0.1, -0.05) is 0 Å². The van der Waals surface area contributed by atoms with Crippen LogP contribution in [0.15, 0.2) is 0 Å². The molecule has 4 atom stereocenters. The van der Waals surface area contributed by atoms with Crippen molar-refractivity contribution in [1.29, 1.82) is 0 Å². The fourth-order valence-electron chi connectivity index (χ4n) is 0.751. The normalized spacial score (nSPS) is 22.2. The van der Waals surface area contributed by atoms with Gasteiger partial charge in [0.1, 0.15) is 18.3 Å². The van der Waals surface area contributed by atoms with Gasteiger partial charge in [-0.3, -0.25) is 0 Å². The Bertz CT molecular complexity index is 152. The van der Waals surface area contributed by atoms with Gasteiger partial charge >= 0.3 is 0 Å². The van der Waals surface area contributed by atoms with Crippen molar-refractivity contribution in [1.82, 2.24) is 0 Å². The number of aliphatic hydroxyl groups is 3. The predicted molar refractivity (Wildman–Crippen MR) is 40.6 cm³/mol. The van der Waals surface area contributed by atoms with Crippen LogP contribution in [0.2, 0.25) is 0 Å². The molecule has 0 radical (unpaired) electrons. The molecule has 0 aromatic heterocycles. The van der Waals surface area contributed by atoms with Crippen LogP contribution in [0.5, 0.6) is 0 Å². The highest BCUT2D eigenvalue weighted by Crippen LogP contribution is 2.06. The third-order valence-electron chi connectivity index (χ3n) is 1.50. The zero-order valence-electron chi connectivity index (χ0n) is 7.75. The highest BCUT2D eigenvalue weighted by atomic mass is 16.5. The van der Waals surface area contributed by atoms with Crippen molar-refractivity contribution in [2.24, 2.45) is 0 Å². The topological polar surface area (TPSA) is 87.0 Å². The lowest BCUT2D eigenvalue weighted by Crippen LogP contribution is -2.45. The summed E-state index contributed by atoms with van der Waals surface area (Å²) in [6, 6.07) is 0. The van der Waals surface area contributed by atoms with E-state index >= 15 is 0 Å². The number of ether oxygens (including phenoxy) is 1. The maximum atomic E-state index is 10.2. The van der Waals surface area contributed by atoms with Gasteiger partial charge < -0.3 is 24.9 Å². The number of methoxy groups -OCH3 is 1. The second-order valence-corrected chi connectivity index (χ2v) is 2.49. The van der Waals surface area contributed by atoms with Gasteiger partial charge in [0.15, 0.2) is 6.29 Å². The molecule has 0 aliphatic rings. The fraction of sp³-hybridized carbons (Fsp3) is 0.857. The Balaban J connectivity index is 4.30. The smallest absolute Gasteiger partial charge is 0.151 e. The minimum Gasteiger partial charge on any atom is -0.391 e.